The maximum atomic E-state index is 13.9. The molecule has 0 saturated carbocycles. The molecule has 7 nitrogen and oxygen atoms in total. The number of aryl methyl sites for hydroxylation is 2. The molecule has 2 aliphatic heterocycles. The SMILES string of the molecule is Cc1ccc(OC[C@@H]2c3ccsc3CCN2C(=O)CN(C(=O)c2ccc3c(c2)OCO3)C(C)(C)C)c(C)c1. The zero-order chi connectivity index (χ0) is 27.0. The second-order valence-corrected chi connectivity index (χ2v) is 11.9. The lowest BCUT2D eigenvalue weighted by Gasteiger charge is -2.40. The van der Waals surface area contributed by atoms with E-state index in [2.05, 4.69) is 24.4 Å². The minimum Gasteiger partial charge on any atom is -0.491 e. The first kappa shape index (κ1) is 26.1. The molecule has 38 heavy (non-hydrogen) atoms. The topological polar surface area (TPSA) is 68.3 Å². The zero-order valence-electron chi connectivity index (χ0n) is 22.6. The molecule has 1 atom stereocenters. The Bertz CT molecular complexity index is 1360. The van der Waals surface area contributed by atoms with E-state index in [1.165, 1.54) is 10.4 Å². The predicted molar refractivity (Wildman–Crippen MR) is 147 cm³/mol. The number of carbonyl (C=O) groups is 2. The minimum absolute atomic E-state index is 0.0314. The molecule has 5 rings (SSSR count). The van der Waals surface area contributed by atoms with Crippen molar-refractivity contribution in [2.75, 3.05) is 26.5 Å². The summed E-state index contributed by atoms with van der Waals surface area (Å²) in [6.07, 6.45) is 0.796. The van der Waals surface area contributed by atoms with Crippen LogP contribution in [0.4, 0.5) is 0 Å². The summed E-state index contributed by atoms with van der Waals surface area (Å²) in [6, 6.07) is 13.1. The fourth-order valence-electron chi connectivity index (χ4n) is 5.03. The van der Waals surface area contributed by atoms with E-state index in [1.54, 1.807) is 34.4 Å². The quantitative estimate of drug-likeness (QED) is 0.415. The largest absolute Gasteiger partial charge is 0.491 e. The molecule has 2 amide bonds. The Morgan fingerprint density at radius 3 is 2.63 bits per heavy atom. The van der Waals surface area contributed by atoms with Gasteiger partial charge in [0.15, 0.2) is 11.5 Å². The number of amides is 2. The lowest BCUT2D eigenvalue weighted by molar-refractivity contribution is -0.136. The van der Waals surface area contributed by atoms with Gasteiger partial charge in [-0.3, -0.25) is 9.59 Å². The number of hydrogen-bond acceptors (Lipinski definition) is 6. The molecule has 2 aliphatic rings. The van der Waals surface area contributed by atoms with Gasteiger partial charge in [0.1, 0.15) is 18.9 Å². The normalized spacial score (nSPS) is 16.2. The molecular weight excluding hydrogens is 500 g/mol. The fourth-order valence-corrected chi connectivity index (χ4v) is 5.96. The maximum Gasteiger partial charge on any atom is 0.254 e. The summed E-state index contributed by atoms with van der Waals surface area (Å²) >= 11 is 1.72. The van der Waals surface area contributed by atoms with Crippen molar-refractivity contribution in [3.63, 3.8) is 0 Å². The molecule has 0 radical (unpaired) electrons. The molecule has 3 aromatic rings. The maximum absolute atomic E-state index is 13.9. The first-order valence-corrected chi connectivity index (χ1v) is 13.8. The highest BCUT2D eigenvalue weighted by Crippen LogP contribution is 2.36. The molecule has 1 aromatic heterocycles. The number of carbonyl (C=O) groups excluding carboxylic acids is 2. The lowest BCUT2D eigenvalue weighted by Crippen LogP contribution is -2.53. The molecular formula is C30H34N2O5S. The van der Waals surface area contributed by atoms with Gasteiger partial charge in [0.05, 0.1) is 6.04 Å². The van der Waals surface area contributed by atoms with E-state index in [9.17, 15) is 9.59 Å². The number of benzene rings is 2. The number of ether oxygens (including phenoxy) is 3. The molecule has 0 fully saturated rings. The Hall–Kier alpha value is -3.52. The van der Waals surface area contributed by atoms with Crippen molar-refractivity contribution < 1.29 is 23.8 Å². The van der Waals surface area contributed by atoms with Crippen LogP contribution in [-0.2, 0) is 11.2 Å². The van der Waals surface area contributed by atoms with Crippen LogP contribution in [0, 0.1) is 13.8 Å². The van der Waals surface area contributed by atoms with Gasteiger partial charge in [0, 0.05) is 22.5 Å². The van der Waals surface area contributed by atoms with Crippen molar-refractivity contribution in [1.29, 1.82) is 0 Å². The van der Waals surface area contributed by atoms with Crippen molar-refractivity contribution in [1.82, 2.24) is 9.80 Å². The smallest absolute Gasteiger partial charge is 0.254 e. The van der Waals surface area contributed by atoms with Gasteiger partial charge in [-0.1, -0.05) is 17.7 Å². The Kier molecular flexibility index (Phi) is 7.09. The van der Waals surface area contributed by atoms with Gasteiger partial charge in [-0.05, 0) is 87.9 Å². The van der Waals surface area contributed by atoms with Crippen LogP contribution in [-0.4, -0.2) is 53.6 Å². The Labute approximate surface area is 227 Å². The molecule has 200 valence electrons. The van der Waals surface area contributed by atoms with Gasteiger partial charge in [0.25, 0.3) is 5.91 Å². The molecule has 0 bridgehead atoms. The van der Waals surface area contributed by atoms with Crippen LogP contribution in [0.2, 0.25) is 0 Å². The van der Waals surface area contributed by atoms with Gasteiger partial charge in [-0.25, -0.2) is 0 Å². The van der Waals surface area contributed by atoms with Gasteiger partial charge in [0.2, 0.25) is 12.7 Å². The summed E-state index contributed by atoms with van der Waals surface area (Å²) in [6.45, 7) is 11.0. The summed E-state index contributed by atoms with van der Waals surface area (Å²) in [5.41, 5.74) is 3.27. The molecule has 3 heterocycles. The van der Waals surface area contributed by atoms with Gasteiger partial charge < -0.3 is 24.0 Å². The van der Waals surface area contributed by atoms with E-state index in [-0.39, 0.29) is 31.2 Å². The second-order valence-electron chi connectivity index (χ2n) is 10.9. The van der Waals surface area contributed by atoms with Crippen LogP contribution in [0.25, 0.3) is 0 Å². The van der Waals surface area contributed by atoms with Crippen molar-refractivity contribution in [2.24, 2.45) is 0 Å². The Morgan fingerprint density at radius 2 is 1.87 bits per heavy atom. The molecule has 0 spiro atoms. The highest BCUT2D eigenvalue weighted by molar-refractivity contribution is 7.10. The number of fused-ring (bicyclic) bond motifs is 2. The second kappa shape index (κ2) is 10.3. The van der Waals surface area contributed by atoms with Crippen LogP contribution in [0.15, 0.2) is 47.8 Å². The average molecular weight is 535 g/mol. The monoisotopic (exact) mass is 534 g/mol. The summed E-state index contributed by atoms with van der Waals surface area (Å²) < 4.78 is 17.1. The summed E-state index contributed by atoms with van der Waals surface area (Å²) in [4.78, 5) is 32.3. The van der Waals surface area contributed by atoms with E-state index in [4.69, 9.17) is 14.2 Å². The fraction of sp³-hybridized carbons (Fsp3) is 0.400. The van der Waals surface area contributed by atoms with Crippen molar-refractivity contribution in [3.05, 3.63) is 75.0 Å². The summed E-state index contributed by atoms with van der Waals surface area (Å²) in [7, 11) is 0. The molecule has 8 heteroatoms. The van der Waals surface area contributed by atoms with E-state index >= 15 is 0 Å². The Balaban J connectivity index is 1.37. The number of rotatable bonds is 6. The number of hydrogen-bond donors (Lipinski definition) is 0. The summed E-state index contributed by atoms with van der Waals surface area (Å²) in [5.74, 6) is 1.66. The van der Waals surface area contributed by atoms with Crippen molar-refractivity contribution in [2.45, 2.75) is 52.6 Å². The molecule has 0 aliphatic carbocycles. The molecule has 0 N–H and O–H groups in total. The third-order valence-electron chi connectivity index (χ3n) is 7.11. The van der Waals surface area contributed by atoms with Crippen LogP contribution in [0.1, 0.15) is 58.7 Å². The van der Waals surface area contributed by atoms with E-state index in [0.717, 1.165) is 23.3 Å². The van der Waals surface area contributed by atoms with E-state index in [1.807, 2.05) is 44.7 Å². The standard InChI is InChI=1S/C30H34N2O5S/c1-19-6-8-24(20(2)14-19)35-17-23-22-11-13-38-27(22)10-12-31(23)28(33)16-32(30(3,4)5)29(34)21-7-9-25-26(15-21)37-18-36-25/h6-9,11,13-15,23H,10,12,16-18H2,1-5H3/t23-/m1/s1. The van der Waals surface area contributed by atoms with Crippen LogP contribution >= 0.6 is 11.3 Å². The summed E-state index contributed by atoms with van der Waals surface area (Å²) in [5, 5.41) is 2.08. The van der Waals surface area contributed by atoms with Gasteiger partial charge in [-0.15, -0.1) is 11.3 Å². The van der Waals surface area contributed by atoms with Crippen LogP contribution in [0.3, 0.4) is 0 Å². The lowest BCUT2D eigenvalue weighted by atomic mass is 9.99. The van der Waals surface area contributed by atoms with Crippen LogP contribution in [0.5, 0.6) is 17.2 Å². The molecule has 0 unspecified atom stereocenters. The van der Waals surface area contributed by atoms with Gasteiger partial charge >= 0.3 is 0 Å². The highest BCUT2D eigenvalue weighted by atomic mass is 32.1. The van der Waals surface area contributed by atoms with Crippen molar-refractivity contribution in [3.8, 4) is 17.2 Å². The Morgan fingerprint density at radius 1 is 1.08 bits per heavy atom. The van der Waals surface area contributed by atoms with E-state index < -0.39 is 5.54 Å². The van der Waals surface area contributed by atoms with Crippen LogP contribution < -0.4 is 14.2 Å². The average Bonchev–Trinajstić information content (AvgIpc) is 3.54. The van der Waals surface area contributed by atoms with E-state index in [0.29, 0.717) is 30.2 Å². The third kappa shape index (κ3) is 5.23. The minimum atomic E-state index is -0.572. The number of nitrogens with zero attached hydrogens (tertiary/aromatic N) is 2. The van der Waals surface area contributed by atoms with Gasteiger partial charge in [-0.2, -0.15) is 0 Å². The zero-order valence-corrected chi connectivity index (χ0v) is 23.4. The third-order valence-corrected chi connectivity index (χ3v) is 8.11. The molecule has 2 aromatic carbocycles. The predicted octanol–water partition coefficient (Wildman–Crippen LogP) is 5.54. The number of thiophene rings is 1. The van der Waals surface area contributed by atoms with Crippen molar-refractivity contribution >= 4 is 23.2 Å². The first-order chi connectivity index (χ1) is 18.1. The molecule has 0 saturated heterocycles. The first-order valence-electron chi connectivity index (χ1n) is 12.9. The highest BCUT2D eigenvalue weighted by Gasteiger charge is 2.36.